The number of carbonyl (C=O) groups excluding carboxylic acids is 1. The van der Waals surface area contributed by atoms with E-state index in [1.165, 1.54) is 0 Å². The van der Waals surface area contributed by atoms with Gasteiger partial charge in [-0.3, -0.25) is 0 Å². The van der Waals surface area contributed by atoms with Gasteiger partial charge in [0, 0.05) is 6.54 Å². The van der Waals surface area contributed by atoms with Crippen molar-refractivity contribution in [2.45, 2.75) is 6.61 Å². The first-order valence-corrected chi connectivity index (χ1v) is 8.52. The maximum atomic E-state index is 11.5. The fourth-order valence-electron chi connectivity index (χ4n) is 1.79. The first-order chi connectivity index (χ1) is 12.8. The number of ether oxygens (including phenoxy) is 5. The van der Waals surface area contributed by atoms with E-state index in [0.29, 0.717) is 59.4 Å². The maximum Gasteiger partial charge on any atom is 0.407 e. The molecule has 1 aromatic rings. The number of alkyl carbamates (subject to hydrolysis) is 1. The maximum absolute atomic E-state index is 11.5. The van der Waals surface area contributed by atoms with Gasteiger partial charge in [-0.2, -0.15) is 0 Å². The lowest BCUT2D eigenvalue weighted by atomic mass is 10.2. The van der Waals surface area contributed by atoms with Crippen LogP contribution in [0.25, 0.3) is 0 Å². The Balaban J connectivity index is 1.79. The normalized spacial score (nSPS) is 10.3. The first-order valence-electron chi connectivity index (χ1n) is 8.52. The summed E-state index contributed by atoms with van der Waals surface area (Å²) in [5.41, 5.74) is 0.945. The highest BCUT2D eigenvalue weighted by Crippen LogP contribution is 2.00. The summed E-state index contributed by atoms with van der Waals surface area (Å²) in [6.07, 6.45) is 4.58. The van der Waals surface area contributed by atoms with Crippen molar-refractivity contribution in [2.75, 3.05) is 59.4 Å². The molecule has 7 nitrogen and oxygen atoms in total. The van der Waals surface area contributed by atoms with Crippen LogP contribution in [0.2, 0.25) is 0 Å². The highest BCUT2D eigenvalue weighted by Gasteiger charge is 2.01. The van der Waals surface area contributed by atoms with Gasteiger partial charge in [-0.15, -0.1) is 6.42 Å². The van der Waals surface area contributed by atoms with Gasteiger partial charge >= 0.3 is 6.09 Å². The lowest BCUT2D eigenvalue weighted by Gasteiger charge is -2.08. The Bertz CT molecular complexity index is 503. The minimum atomic E-state index is -0.461. The summed E-state index contributed by atoms with van der Waals surface area (Å²) < 4.78 is 26.1. The summed E-state index contributed by atoms with van der Waals surface area (Å²) in [7, 11) is 0. The first kappa shape index (κ1) is 21.9. The molecule has 0 unspecified atom stereocenters. The van der Waals surface area contributed by atoms with Crippen molar-refractivity contribution in [1.82, 2.24) is 5.32 Å². The Morgan fingerprint density at radius 3 is 2.08 bits per heavy atom. The number of hydrogen-bond acceptors (Lipinski definition) is 6. The van der Waals surface area contributed by atoms with Crippen molar-refractivity contribution >= 4 is 6.09 Å². The van der Waals surface area contributed by atoms with Crippen molar-refractivity contribution in [3.63, 3.8) is 0 Å². The van der Waals surface area contributed by atoms with Crippen LogP contribution in [0.1, 0.15) is 5.56 Å². The van der Waals surface area contributed by atoms with Crippen molar-refractivity contribution in [3.05, 3.63) is 35.9 Å². The van der Waals surface area contributed by atoms with Crippen LogP contribution in [-0.4, -0.2) is 65.5 Å². The van der Waals surface area contributed by atoms with Gasteiger partial charge in [0.2, 0.25) is 0 Å². The zero-order valence-corrected chi connectivity index (χ0v) is 15.0. The molecule has 0 spiro atoms. The number of terminal acetylenes is 1. The van der Waals surface area contributed by atoms with Crippen LogP contribution in [0.3, 0.4) is 0 Å². The molecule has 0 aliphatic heterocycles. The topological polar surface area (TPSA) is 75.3 Å². The van der Waals surface area contributed by atoms with Gasteiger partial charge in [-0.1, -0.05) is 36.3 Å². The molecule has 0 radical (unpaired) electrons. The van der Waals surface area contributed by atoms with Crippen LogP contribution >= 0.6 is 0 Å². The summed E-state index contributed by atoms with van der Waals surface area (Å²) in [6, 6.07) is 9.50. The Morgan fingerprint density at radius 2 is 1.46 bits per heavy atom. The van der Waals surface area contributed by atoms with E-state index in [4.69, 9.17) is 30.1 Å². The number of carbonyl (C=O) groups is 1. The average Bonchev–Trinajstić information content (AvgIpc) is 2.67. The number of amides is 1. The SMILES string of the molecule is C#CCOCCOCCOCCOCCNC(=O)OCc1ccccc1. The molecule has 144 valence electrons. The molecule has 0 heterocycles. The Hall–Kier alpha value is -2.11. The van der Waals surface area contributed by atoms with E-state index in [-0.39, 0.29) is 6.61 Å². The van der Waals surface area contributed by atoms with Crippen LogP contribution < -0.4 is 5.32 Å². The van der Waals surface area contributed by atoms with Crippen molar-refractivity contribution in [2.24, 2.45) is 0 Å². The number of benzene rings is 1. The molecule has 0 atom stereocenters. The predicted molar refractivity (Wildman–Crippen MR) is 96.7 cm³/mol. The molecule has 1 aromatic carbocycles. The third kappa shape index (κ3) is 13.2. The molecule has 0 aliphatic rings. The molecule has 7 heteroatoms. The zero-order chi connectivity index (χ0) is 18.7. The van der Waals surface area contributed by atoms with Crippen molar-refractivity contribution in [3.8, 4) is 12.3 Å². The van der Waals surface area contributed by atoms with E-state index >= 15 is 0 Å². The number of hydrogen-bond donors (Lipinski definition) is 1. The van der Waals surface area contributed by atoms with Gasteiger partial charge in [0.1, 0.15) is 13.2 Å². The minimum absolute atomic E-state index is 0.249. The standard InChI is InChI=1S/C19H27NO6/c1-2-9-22-11-13-24-15-16-25-14-12-23-10-8-20-19(21)26-17-18-6-4-3-5-7-18/h1,3-7H,8-17H2,(H,20,21). The predicted octanol–water partition coefficient (Wildman–Crippen LogP) is 1.61. The highest BCUT2D eigenvalue weighted by atomic mass is 16.6. The van der Waals surface area contributed by atoms with E-state index in [0.717, 1.165) is 5.56 Å². The molecule has 0 fully saturated rings. The van der Waals surface area contributed by atoms with E-state index in [9.17, 15) is 4.79 Å². The van der Waals surface area contributed by atoms with E-state index in [1.54, 1.807) is 0 Å². The summed E-state index contributed by atoms with van der Waals surface area (Å²) in [5, 5.41) is 2.62. The molecular formula is C19H27NO6. The quantitative estimate of drug-likeness (QED) is 0.376. The Kier molecular flexibility index (Phi) is 13.8. The van der Waals surface area contributed by atoms with Crippen LogP contribution in [-0.2, 0) is 30.3 Å². The molecule has 0 aromatic heterocycles. The van der Waals surface area contributed by atoms with Crippen LogP contribution in [0.4, 0.5) is 4.79 Å². The number of rotatable bonds is 15. The van der Waals surface area contributed by atoms with Gasteiger partial charge in [0.05, 0.1) is 46.2 Å². The largest absolute Gasteiger partial charge is 0.445 e. The van der Waals surface area contributed by atoms with Crippen molar-refractivity contribution in [1.29, 1.82) is 0 Å². The number of nitrogens with one attached hydrogen (secondary N) is 1. The molecule has 26 heavy (non-hydrogen) atoms. The summed E-state index contributed by atoms with van der Waals surface area (Å²) in [6.45, 7) is 4.21. The summed E-state index contributed by atoms with van der Waals surface area (Å²) in [4.78, 5) is 11.5. The van der Waals surface area contributed by atoms with Gasteiger partial charge in [0.15, 0.2) is 0 Å². The Labute approximate surface area is 154 Å². The van der Waals surface area contributed by atoms with E-state index in [1.807, 2.05) is 30.3 Å². The molecule has 1 rings (SSSR count). The van der Waals surface area contributed by atoms with Crippen LogP contribution in [0, 0.1) is 12.3 Å². The zero-order valence-electron chi connectivity index (χ0n) is 15.0. The fourth-order valence-corrected chi connectivity index (χ4v) is 1.79. The second-order valence-electron chi connectivity index (χ2n) is 5.08. The molecule has 1 amide bonds. The lowest BCUT2D eigenvalue weighted by Crippen LogP contribution is -2.28. The fraction of sp³-hybridized carbons (Fsp3) is 0.526. The Morgan fingerprint density at radius 1 is 0.885 bits per heavy atom. The van der Waals surface area contributed by atoms with Crippen LogP contribution in [0.5, 0.6) is 0 Å². The molecule has 1 N–H and O–H groups in total. The summed E-state index contributed by atoms with van der Waals surface area (Å²) >= 11 is 0. The molecule has 0 saturated heterocycles. The second kappa shape index (κ2) is 16.4. The van der Waals surface area contributed by atoms with E-state index < -0.39 is 6.09 Å². The van der Waals surface area contributed by atoms with Crippen LogP contribution in [0.15, 0.2) is 30.3 Å². The molecule has 0 bridgehead atoms. The summed E-state index contributed by atoms with van der Waals surface area (Å²) in [5.74, 6) is 2.38. The third-order valence-electron chi connectivity index (χ3n) is 3.03. The van der Waals surface area contributed by atoms with Crippen molar-refractivity contribution < 1.29 is 28.5 Å². The van der Waals surface area contributed by atoms with Gasteiger partial charge < -0.3 is 29.0 Å². The van der Waals surface area contributed by atoms with Gasteiger partial charge in [-0.25, -0.2) is 4.79 Å². The average molecular weight is 365 g/mol. The monoisotopic (exact) mass is 365 g/mol. The molecule has 0 saturated carbocycles. The minimum Gasteiger partial charge on any atom is -0.445 e. The van der Waals surface area contributed by atoms with Gasteiger partial charge in [0.25, 0.3) is 0 Å². The lowest BCUT2D eigenvalue weighted by molar-refractivity contribution is 0.00167. The highest BCUT2D eigenvalue weighted by molar-refractivity contribution is 5.67. The second-order valence-corrected chi connectivity index (χ2v) is 5.08. The molecule has 0 aliphatic carbocycles. The third-order valence-corrected chi connectivity index (χ3v) is 3.03. The smallest absolute Gasteiger partial charge is 0.407 e. The molecular weight excluding hydrogens is 338 g/mol. The van der Waals surface area contributed by atoms with E-state index in [2.05, 4.69) is 11.2 Å². The van der Waals surface area contributed by atoms with Gasteiger partial charge in [-0.05, 0) is 5.56 Å².